The van der Waals surface area contributed by atoms with Gasteiger partial charge in [-0.2, -0.15) is 0 Å². The second-order valence-electron chi connectivity index (χ2n) is 4.27. The van der Waals surface area contributed by atoms with Gasteiger partial charge >= 0.3 is 0 Å². The zero-order valence-electron chi connectivity index (χ0n) is 9.74. The molecule has 0 amide bonds. The Morgan fingerprint density at radius 2 is 2.06 bits per heavy atom. The van der Waals surface area contributed by atoms with Gasteiger partial charge in [-0.3, -0.25) is 4.79 Å². The number of rotatable bonds is 2. The quantitative estimate of drug-likeness (QED) is 0.805. The first kappa shape index (κ1) is 11.8. The standard InChI is InChI=1S/C12H16O3S/c1-6(13)11-7(2)16-8(3)12(11)9-4-15-5-10(9)14/h9-10,14H,4-5H2,1-3H3/t9-,10+/m1/s1. The molecule has 1 aromatic rings. The highest BCUT2D eigenvalue weighted by Crippen LogP contribution is 2.37. The molecule has 3 nitrogen and oxygen atoms in total. The summed E-state index contributed by atoms with van der Waals surface area (Å²) in [5.41, 5.74) is 1.79. The monoisotopic (exact) mass is 240 g/mol. The first-order valence-corrected chi connectivity index (χ1v) is 6.20. The average Bonchev–Trinajstić information content (AvgIpc) is 2.69. The highest BCUT2D eigenvalue weighted by atomic mass is 32.1. The van der Waals surface area contributed by atoms with Crippen LogP contribution in [0, 0.1) is 13.8 Å². The number of hydrogen-bond acceptors (Lipinski definition) is 4. The normalized spacial score (nSPS) is 25.0. The van der Waals surface area contributed by atoms with Crippen LogP contribution in [-0.2, 0) is 4.74 Å². The van der Waals surface area contributed by atoms with Gasteiger partial charge in [0.25, 0.3) is 0 Å². The minimum atomic E-state index is -0.481. The first-order valence-electron chi connectivity index (χ1n) is 5.39. The second kappa shape index (κ2) is 4.28. The summed E-state index contributed by atoms with van der Waals surface area (Å²) in [6.07, 6.45) is -0.481. The Kier molecular flexibility index (Phi) is 3.15. The minimum Gasteiger partial charge on any atom is -0.390 e. The SMILES string of the molecule is CC(=O)c1c(C)sc(C)c1[C@@H]1COC[C@@H]1O. The van der Waals surface area contributed by atoms with Crippen molar-refractivity contribution in [1.29, 1.82) is 0 Å². The summed E-state index contributed by atoms with van der Waals surface area (Å²) < 4.78 is 5.27. The van der Waals surface area contributed by atoms with Crippen molar-refractivity contribution in [3.63, 3.8) is 0 Å². The molecule has 0 bridgehead atoms. The molecule has 2 atom stereocenters. The zero-order valence-corrected chi connectivity index (χ0v) is 10.6. The number of aliphatic hydroxyl groups excluding tert-OH is 1. The second-order valence-corrected chi connectivity index (χ2v) is 5.70. The Balaban J connectivity index is 2.50. The van der Waals surface area contributed by atoms with Crippen LogP contribution in [0.15, 0.2) is 0 Å². The van der Waals surface area contributed by atoms with Crippen LogP contribution in [0.2, 0.25) is 0 Å². The van der Waals surface area contributed by atoms with Gasteiger partial charge in [-0.05, 0) is 26.3 Å². The molecule has 1 N–H and O–H groups in total. The minimum absolute atomic E-state index is 0.0381. The third-order valence-corrected chi connectivity index (χ3v) is 4.12. The van der Waals surface area contributed by atoms with E-state index >= 15 is 0 Å². The zero-order chi connectivity index (χ0) is 11.9. The fourth-order valence-corrected chi connectivity index (χ4v) is 3.58. The van der Waals surface area contributed by atoms with Crippen molar-refractivity contribution >= 4 is 17.1 Å². The van der Waals surface area contributed by atoms with Crippen molar-refractivity contribution in [1.82, 2.24) is 0 Å². The molecular weight excluding hydrogens is 224 g/mol. The highest BCUT2D eigenvalue weighted by Gasteiger charge is 2.33. The molecule has 1 aliphatic heterocycles. The number of ketones is 1. The molecule has 0 saturated carbocycles. The van der Waals surface area contributed by atoms with Crippen LogP contribution in [0.5, 0.6) is 0 Å². The molecule has 88 valence electrons. The van der Waals surface area contributed by atoms with Gasteiger partial charge in [-0.1, -0.05) is 0 Å². The van der Waals surface area contributed by atoms with Gasteiger partial charge in [0.2, 0.25) is 0 Å². The Bertz CT molecular complexity index is 422. The molecule has 0 aliphatic carbocycles. The van der Waals surface area contributed by atoms with Crippen molar-refractivity contribution in [3.05, 3.63) is 20.9 Å². The van der Waals surface area contributed by atoms with Gasteiger partial charge in [0, 0.05) is 21.2 Å². The van der Waals surface area contributed by atoms with Gasteiger partial charge in [0.1, 0.15) is 0 Å². The van der Waals surface area contributed by atoms with E-state index in [1.54, 1.807) is 18.3 Å². The number of Topliss-reactive ketones (excluding diaryl/α,β-unsaturated/α-hetero) is 1. The van der Waals surface area contributed by atoms with Gasteiger partial charge in [-0.15, -0.1) is 11.3 Å². The van der Waals surface area contributed by atoms with Crippen LogP contribution in [0.3, 0.4) is 0 Å². The predicted molar refractivity (Wildman–Crippen MR) is 63.4 cm³/mol. The number of hydrogen-bond donors (Lipinski definition) is 1. The maximum absolute atomic E-state index is 11.6. The molecule has 16 heavy (non-hydrogen) atoms. The van der Waals surface area contributed by atoms with Crippen LogP contribution in [0.25, 0.3) is 0 Å². The van der Waals surface area contributed by atoms with Gasteiger partial charge < -0.3 is 9.84 Å². The van der Waals surface area contributed by atoms with Crippen molar-refractivity contribution in [2.45, 2.75) is 32.8 Å². The highest BCUT2D eigenvalue weighted by molar-refractivity contribution is 7.12. The van der Waals surface area contributed by atoms with E-state index in [4.69, 9.17) is 4.74 Å². The summed E-state index contributed by atoms with van der Waals surface area (Å²) in [6.45, 7) is 6.43. The molecule has 0 spiro atoms. The molecule has 1 saturated heterocycles. The number of aliphatic hydroxyl groups is 1. The Labute approximate surface area is 99.1 Å². The smallest absolute Gasteiger partial charge is 0.161 e. The lowest BCUT2D eigenvalue weighted by Gasteiger charge is -2.14. The van der Waals surface area contributed by atoms with E-state index in [0.717, 1.165) is 20.9 Å². The molecule has 1 aromatic heterocycles. The number of carbonyl (C=O) groups is 1. The van der Waals surface area contributed by atoms with Crippen molar-refractivity contribution in [2.24, 2.45) is 0 Å². The van der Waals surface area contributed by atoms with Crippen LogP contribution in [0.4, 0.5) is 0 Å². The third kappa shape index (κ3) is 1.81. The Morgan fingerprint density at radius 1 is 1.38 bits per heavy atom. The lowest BCUT2D eigenvalue weighted by Crippen LogP contribution is -2.18. The predicted octanol–water partition coefficient (Wildman–Crippen LogP) is 2.04. The van der Waals surface area contributed by atoms with Gasteiger partial charge in [-0.25, -0.2) is 0 Å². The molecule has 1 aliphatic rings. The van der Waals surface area contributed by atoms with E-state index in [0.29, 0.717) is 13.2 Å². The molecule has 0 aromatic carbocycles. The lowest BCUT2D eigenvalue weighted by molar-refractivity contribution is 0.101. The van der Waals surface area contributed by atoms with E-state index in [2.05, 4.69) is 0 Å². The largest absolute Gasteiger partial charge is 0.390 e. The molecule has 2 heterocycles. The van der Waals surface area contributed by atoms with E-state index in [9.17, 15) is 9.90 Å². The number of thiophene rings is 1. The summed E-state index contributed by atoms with van der Waals surface area (Å²) in [6, 6.07) is 0. The number of ether oxygens (including phenoxy) is 1. The van der Waals surface area contributed by atoms with E-state index in [1.807, 2.05) is 13.8 Å². The van der Waals surface area contributed by atoms with E-state index in [1.165, 1.54) is 0 Å². The summed E-state index contributed by atoms with van der Waals surface area (Å²) in [5, 5.41) is 9.85. The average molecular weight is 240 g/mol. The van der Waals surface area contributed by atoms with Crippen LogP contribution >= 0.6 is 11.3 Å². The van der Waals surface area contributed by atoms with E-state index in [-0.39, 0.29) is 11.7 Å². The number of carbonyl (C=O) groups excluding carboxylic acids is 1. The Hall–Kier alpha value is -0.710. The van der Waals surface area contributed by atoms with Crippen LogP contribution < -0.4 is 0 Å². The molecular formula is C12H16O3S. The molecule has 0 radical (unpaired) electrons. The number of aryl methyl sites for hydroxylation is 2. The first-order chi connectivity index (χ1) is 7.52. The lowest BCUT2D eigenvalue weighted by atomic mass is 9.91. The van der Waals surface area contributed by atoms with Crippen molar-refractivity contribution < 1.29 is 14.6 Å². The maximum atomic E-state index is 11.6. The van der Waals surface area contributed by atoms with Crippen LogP contribution in [0.1, 0.15) is 38.5 Å². The van der Waals surface area contributed by atoms with Crippen LogP contribution in [-0.4, -0.2) is 30.2 Å². The summed E-state index contributed by atoms with van der Waals surface area (Å²) in [5.74, 6) is 0.0415. The van der Waals surface area contributed by atoms with Crippen molar-refractivity contribution in [2.75, 3.05) is 13.2 Å². The summed E-state index contributed by atoms with van der Waals surface area (Å²) in [4.78, 5) is 13.8. The third-order valence-electron chi connectivity index (χ3n) is 3.08. The van der Waals surface area contributed by atoms with Gasteiger partial charge in [0.05, 0.1) is 19.3 Å². The fraction of sp³-hybridized carbons (Fsp3) is 0.583. The van der Waals surface area contributed by atoms with Gasteiger partial charge in [0.15, 0.2) is 5.78 Å². The molecule has 1 fully saturated rings. The molecule has 0 unspecified atom stereocenters. The molecule has 2 rings (SSSR count). The Morgan fingerprint density at radius 3 is 2.56 bits per heavy atom. The fourth-order valence-electron chi connectivity index (χ4n) is 2.40. The van der Waals surface area contributed by atoms with E-state index < -0.39 is 6.10 Å². The maximum Gasteiger partial charge on any atom is 0.161 e. The summed E-state index contributed by atoms with van der Waals surface area (Å²) in [7, 11) is 0. The van der Waals surface area contributed by atoms with Crippen molar-refractivity contribution in [3.8, 4) is 0 Å². The topological polar surface area (TPSA) is 46.5 Å². The molecule has 4 heteroatoms. The summed E-state index contributed by atoms with van der Waals surface area (Å²) >= 11 is 1.63.